The lowest BCUT2D eigenvalue weighted by molar-refractivity contribution is 0.198. The van der Waals surface area contributed by atoms with Crippen LogP contribution in [0.4, 0.5) is 0 Å². The highest BCUT2D eigenvalue weighted by molar-refractivity contribution is 5.38. The van der Waals surface area contributed by atoms with Gasteiger partial charge >= 0.3 is 0 Å². The normalized spacial score (nSPS) is 14.6. The molecular weight excluding hydrogens is 226 g/mol. The Morgan fingerprint density at radius 2 is 2.00 bits per heavy atom. The molecule has 1 rings (SSSR count). The summed E-state index contributed by atoms with van der Waals surface area (Å²) in [5, 5.41) is 9.65. The average molecular weight is 251 g/mol. The molecule has 1 N–H and O–H groups in total. The molecule has 18 heavy (non-hydrogen) atoms. The van der Waals surface area contributed by atoms with Crippen LogP contribution in [0, 0.1) is 0 Å². The molecule has 0 bridgehead atoms. The number of aliphatic hydroxyl groups is 1. The minimum Gasteiger partial charge on any atom is -0.496 e. The fraction of sp³-hybridized carbons (Fsp3) is 0.600. The summed E-state index contributed by atoms with van der Waals surface area (Å²) in [6.07, 6.45) is 0.679. The highest BCUT2D eigenvalue weighted by Gasteiger charge is 2.12. The molecule has 0 radical (unpaired) electrons. The number of hydrogen-bond donors (Lipinski definition) is 1. The van der Waals surface area contributed by atoms with E-state index < -0.39 is 6.10 Å². The molecule has 1 aromatic carbocycles. The predicted octanol–water partition coefficient (Wildman–Crippen LogP) is 2.98. The van der Waals surface area contributed by atoms with E-state index in [-0.39, 0.29) is 0 Å². The lowest BCUT2D eigenvalue weighted by Crippen LogP contribution is -2.28. The van der Waals surface area contributed by atoms with Gasteiger partial charge in [0.05, 0.1) is 13.2 Å². The van der Waals surface area contributed by atoms with Crippen molar-refractivity contribution < 1.29 is 9.84 Å². The van der Waals surface area contributed by atoms with Gasteiger partial charge in [0.25, 0.3) is 0 Å². The molecule has 0 amide bonds. The lowest BCUT2D eigenvalue weighted by atomic mass is 10.0. The number of rotatable bonds is 6. The number of nitrogens with zero attached hydrogens (tertiary/aromatic N) is 1. The fourth-order valence-corrected chi connectivity index (χ4v) is 1.92. The molecule has 2 atom stereocenters. The van der Waals surface area contributed by atoms with Crippen LogP contribution in [0.5, 0.6) is 5.75 Å². The number of hydrogen-bond acceptors (Lipinski definition) is 3. The molecule has 3 heteroatoms. The number of benzene rings is 1. The Morgan fingerprint density at radius 3 is 2.50 bits per heavy atom. The second-order valence-corrected chi connectivity index (χ2v) is 4.92. The van der Waals surface area contributed by atoms with Crippen molar-refractivity contribution in [3.8, 4) is 5.75 Å². The van der Waals surface area contributed by atoms with Gasteiger partial charge in [-0.25, -0.2) is 0 Å². The van der Waals surface area contributed by atoms with Crippen molar-refractivity contribution in [2.24, 2.45) is 0 Å². The van der Waals surface area contributed by atoms with Gasteiger partial charge in [-0.15, -0.1) is 0 Å². The van der Waals surface area contributed by atoms with E-state index in [1.807, 2.05) is 18.2 Å². The SMILES string of the molecule is CCC(C)N(C)Cc1cc(C(C)O)ccc1OC. The molecule has 0 spiro atoms. The van der Waals surface area contributed by atoms with E-state index in [4.69, 9.17) is 4.74 Å². The van der Waals surface area contributed by atoms with Gasteiger partial charge in [0.2, 0.25) is 0 Å². The molecule has 0 aliphatic heterocycles. The van der Waals surface area contributed by atoms with Crippen LogP contribution in [0.25, 0.3) is 0 Å². The van der Waals surface area contributed by atoms with Gasteiger partial charge in [-0.05, 0) is 45.0 Å². The second-order valence-electron chi connectivity index (χ2n) is 4.92. The monoisotopic (exact) mass is 251 g/mol. The van der Waals surface area contributed by atoms with Crippen molar-refractivity contribution in [3.05, 3.63) is 29.3 Å². The molecule has 0 saturated heterocycles. The van der Waals surface area contributed by atoms with Crippen LogP contribution in [0.15, 0.2) is 18.2 Å². The van der Waals surface area contributed by atoms with Gasteiger partial charge in [-0.3, -0.25) is 4.90 Å². The number of aliphatic hydroxyl groups excluding tert-OH is 1. The third-order valence-corrected chi connectivity index (χ3v) is 3.55. The van der Waals surface area contributed by atoms with E-state index in [0.717, 1.165) is 29.8 Å². The van der Waals surface area contributed by atoms with Crippen LogP contribution in [0.3, 0.4) is 0 Å². The Bertz CT molecular complexity index is 377. The standard InChI is InChI=1S/C15H25NO2/c1-6-11(2)16(4)10-14-9-13(12(3)17)7-8-15(14)18-5/h7-9,11-12,17H,6,10H2,1-5H3. The molecule has 0 fully saturated rings. The molecular formula is C15H25NO2. The first kappa shape index (κ1) is 15.0. The molecule has 2 unspecified atom stereocenters. The molecule has 0 aromatic heterocycles. The summed E-state index contributed by atoms with van der Waals surface area (Å²) in [6.45, 7) is 7.01. The van der Waals surface area contributed by atoms with E-state index in [1.165, 1.54) is 0 Å². The Kier molecular flexibility index (Phi) is 5.63. The van der Waals surface area contributed by atoms with Crippen molar-refractivity contribution in [1.82, 2.24) is 4.90 Å². The predicted molar refractivity (Wildman–Crippen MR) is 74.8 cm³/mol. The highest BCUT2D eigenvalue weighted by Crippen LogP contribution is 2.25. The third-order valence-electron chi connectivity index (χ3n) is 3.55. The summed E-state index contributed by atoms with van der Waals surface area (Å²) in [5.74, 6) is 0.884. The van der Waals surface area contributed by atoms with Crippen molar-refractivity contribution in [3.63, 3.8) is 0 Å². The second kappa shape index (κ2) is 6.76. The minimum absolute atomic E-state index is 0.441. The smallest absolute Gasteiger partial charge is 0.123 e. The van der Waals surface area contributed by atoms with Gasteiger partial charge in [-0.1, -0.05) is 13.0 Å². The molecule has 0 aliphatic rings. The van der Waals surface area contributed by atoms with Crippen LogP contribution in [-0.4, -0.2) is 30.2 Å². The molecule has 0 aliphatic carbocycles. The fourth-order valence-electron chi connectivity index (χ4n) is 1.92. The van der Waals surface area contributed by atoms with Crippen molar-refractivity contribution in [2.45, 2.75) is 45.9 Å². The average Bonchev–Trinajstić information content (AvgIpc) is 2.37. The van der Waals surface area contributed by atoms with Crippen LogP contribution in [0.2, 0.25) is 0 Å². The van der Waals surface area contributed by atoms with Gasteiger partial charge < -0.3 is 9.84 Å². The highest BCUT2D eigenvalue weighted by atomic mass is 16.5. The first-order valence-corrected chi connectivity index (χ1v) is 6.54. The summed E-state index contributed by atoms with van der Waals surface area (Å²) in [7, 11) is 3.80. The molecule has 102 valence electrons. The quantitative estimate of drug-likeness (QED) is 0.843. The van der Waals surface area contributed by atoms with E-state index >= 15 is 0 Å². The zero-order chi connectivity index (χ0) is 13.7. The first-order chi connectivity index (χ1) is 8.49. The van der Waals surface area contributed by atoms with Crippen LogP contribution in [0.1, 0.15) is 44.4 Å². The lowest BCUT2D eigenvalue weighted by Gasteiger charge is -2.24. The zero-order valence-corrected chi connectivity index (χ0v) is 12.1. The first-order valence-electron chi connectivity index (χ1n) is 6.54. The topological polar surface area (TPSA) is 32.7 Å². The van der Waals surface area contributed by atoms with Crippen molar-refractivity contribution >= 4 is 0 Å². The van der Waals surface area contributed by atoms with E-state index in [0.29, 0.717) is 6.04 Å². The van der Waals surface area contributed by atoms with Crippen LogP contribution >= 0.6 is 0 Å². The Morgan fingerprint density at radius 1 is 1.33 bits per heavy atom. The maximum Gasteiger partial charge on any atom is 0.123 e. The summed E-state index contributed by atoms with van der Waals surface area (Å²) in [4.78, 5) is 2.30. The minimum atomic E-state index is -0.441. The molecule has 1 aromatic rings. The number of ether oxygens (including phenoxy) is 1. The van der Waals surface area contributed by atoms with Gasteiger partial charge in [0, 0.05) is 18.2 Å². The van der Waals surface area contributed by atoms with Gasteiger partial charge in [0.1, 0.15) is 5.75 Å². The Labute approximate surface area is 110 Å². The summed E-state index contributed by atoms with van der Waals surface area (Å²) >= 11 is 0. The number of methoxy groups -OCH3 is 1. The van der Waals surface area contributed by atoms with Crippen molar-refractivity contribution in [2.75, 3.05) is 14.2 Å². The zero-order valence-electron chi connectivity index (χ0n) is 12.1. The van der Waals surface area contributed by atoms with Gasteiger partial charge in [0.15, 0.2) is 0 Å². The van der Waals surface area contributed by atoms with Crippen molar-refractivity contribution in [1.29, 1.82) is 0 Å². The summed E-state index contributed by atoms with van der Waals surface area (Å²) in [5.41, 5.74) is 2.06. The maximum atomic E-state index is 9.65. The molecule has 0 saturated carbocycles. The summed E-state index contributed by atoms with van der Waals surface area (Å²) < 4.78 is 5.39. The van der Waals surface area contributed by atoms with E-state index in [2.05, 4.69) is 25.8 Å². The van der Waals surface area contributed by atoms with E-state index in [1.54, 1.807) is 14.0 Å². The largest absolute Gasteiger partial charge is 0.496 e. The maximum absolute atomic E-state index is 9.65. The Hall–Kier alpha value is -1.06. The van der Waals surface area contributed by atoms with Crippen LogP contribution in [-0.2, 0) is 6.54 Å². The molecule has 0 heterocycles. The molecule has 3 nitrogen and oxygen atoms in total. The Balaban J connectivity index is 2.94. The summed E-state index contributed by atoms with van der Waals surface area (Å²) in [6, 6.07) is 6.41. The van der Waals surface area contributed by atoms with Crippen LogP contribution < -0.4 is 4.74 Å². The third kappa shape index (κ3) is 3.72. The van der Waals surface area contributed by atoms with E-state index in [9.17, 15) is 5.11 Å². The van der Waals surface area contributed by atoms with Gasteiger partial charge in [-0.2, -0.15) is 0 Å².